The Morgan fingerprint density at radius 2 is 2.18 bits per heavy atom. The first kappa shape index (κ1) is 16.8. The summed E-state index contributed by atoms with van der Waals surface area (Å²) < 4.78 is 17.2. The molecule has 0 aliphatic heterocycles. The lowest BCUT2D eigenvalue weighted by molar-refractivity contribution is -0.115. The summed E-state index contributed by atoms with van der Waals surface area (Å²) in [6.07, 6.45) is 0. The van der Waals surface area contributed by atoms with Crippen LogP contribution in [0.3, 0.4) is 0 Å². The summed E-state index contributed by atoms with van der Waals surface area (Å²) in [5.74, 6) is 0.534. The van der Waals surface area contributed by atoms with Gasteiger partial charge >= 0.3 is 0 Å². The molecule has 6 nitrogen and oxygen atoms in total. The molecule has 0 aromatic carbocycles. The van der Waals surface area contributed by atoms with Crippen LogP contribution >= 0.6 is 11.3 Å². The van der Waals surface area contributed by atoms with Crippen molar-refractivity contribution >= 4 is 33.9 Å². The summed E-state index contributed by atoms with van der Waals surface area (Å²) in [4.78, 5) is 16.5. The number of hydrogen-bond donors (Lipinski definition) is 1. The predicted molar refractivity (Wildman–Crippen MR) is 87.4 cm³/mol. The van der Waals surface area contributed by atoms with Crippen LogP contribution in [-0.4, -0.2) is 25.5 Å². The zero-order chi connectivity index (χ0) is 16.3. The highest BCUT2D eigenvalue weighted by Crippen LogP contribution is 2.20. The van der Waals surface area contributed by atoms with E-state index in [2.05, 4.69) is 29.3 Å². The van der Waals surface area contributed by atoms with Crippen molar-refractivity contribution in [1.29, 1.82) is 0 Å². The first-order valence-corrected chi connectivity index (χ1v) is 9.18. The van der Waals surface area contributed by atoms with Crippen LogP contribution in [0.4, 0.5) is 5.88 Å². The smallest absolute Gasteiger partial charge is 0.242 e. The van der Waals surface area contributed by atoms with E-state index in [9.17, 15) is 9.00 Å². The minimum Gasteiger partial charge on any atom is -0.338 e. The van der Waals surface area contributed by atoms with Crippen LogP contribution in [-0.2, 0) is 21.3 Å². The van der Waals surface area contributed by atoms with E-state index >= 15 is 0 Å². The quantitative estimate of drug-likeness (QED) is 0.873. The molecule has 2 aromatic rings. The Hall–Kier alpha value is -1.54. The average molecular weight is 341 g/mol. The van der Waals surface area contributed by atoms with Crippen LogP contribution in [0.2, 0.25) is 0 Å². The number of rotatable bonds is 6. The monoisotopic (exact) mass is 341 g/mol. The van der Waals surface area contributed by atoms with Crippen molar-refractivity contribution in [3.63, 3.8) is 0 Å². The Labute approximate surface area is 135 Å². The molecule has 120 valence electrons. The molecule has 2 heterocycles. The van der Waals surface area contributed by atoms with E-state index in [4.69, 9.17) is 4.52 Å². The highest BCUT2D eigenvalue weighted by molar-refractivity contribution is 7.85. The number of aromatic nitrogens is 2. The van der Waals surface area contributed by atoms with Crippen molar-refractivity contribution in [2.75, 3.05) is 5.32 Å². The number of carbonyl (C=O) groups is 1. The number of thiazole rings is 1. The van der Waals surface area contributed by atoms with E-state index in [1.165, 1.54) is 0 Å². The molecule has 2 atom stereocenters. The lowest BCUT2D eigenvalue weighted by Gasteiger charge is -2.09. The van der Waals surface area contributed by atoms with Crippen LogP contribution in [0.1, 0.15) is 43.1 Å². The largest absolute Gasteiger partial charge is 0.338 e. The minimum absolute atomic E-state index is 0.266. The maximum Gasteiger partial charge on any atom is 0.242 e. The van der Waals surface area contributed by atoms with Gasteiger partial charge in [-0.3, -0.25) is 14.3 Å². The Balaban J connectivity index is 1.94. The topological polar surface area (TPSA) is 85.1 Å². The van der Waals surface area contributed by atoms with Gasteiger partial charge in [0.2, 0.25) is 11.8 Å². The van der Waals surface area contributed by atoms with Crippen LogP contribution in [0, 0.1) is 6.92 Å². The second kappa shape index (κ2) is 7.15. The molecule has 0 aliphatic rings. The third kappa shape index (κ3) is 4.23. The van der Waals surface area contributed by atoms with Gasteiger partial charge in [-0.1, -0.05) is 19.0 Å². The van der Waals surface area contributed by atoms with Gasteiger partial charge in [-0.05, 0) is 13.8 Å². The summed E-state index contributed by atoms with van der Waals surface area (Å²) in [5.41, 5.74) is 1.44. The van der Waals surface area contributed by atoms with Crippen molar-refractivity contribution in [2.45, 2.75) is 44.6 Å². The average Bonchev–Trinajstić information content (AvgIpc) is 3.07. The normalized spacial score (nSPS) is 14.0. The van der Waals surface area contributed by atoms with E-state index in [1.54, 1.807) is 31.3 Å². The maximum atomic E-state index is 12.3. The summed E-state index contributed by atoms with van der Waals surface area (Å²) in [5, 5.41) is 8.52. The SMILES string of the molecule is Cc1cc(NC(=O)C(C)S(=O)Cc2csc(C(C)C)n2)on1. The molecule has 1 amide bonds. The molecule has 2 aromatic heterocycles. The molecule has 0 bridgehead atoms. The van der Waals surface area contributed by atoms with Gasteiger partial charge < -0.3 is 4.52 Å². The Bertz CT molecular complexity index is 678. The highest BCUT2D eigenvalue weighted by Gasteiger charge is 2.22. The zero-order valence-electron chi connectivity index (χ0n) is 13.0. The molecule has 0 radical (unpaired) electrons. The number of hydrogen-bond acceptors (Lipinski definition) is 6. The number of anilines is 1. The number of aryl methyl sites for hydroxylation is 1. The molecule has 0 spiro atoms. The second-order valence-electron chi connectivity index (χ2n) is 5.32. The van der Waals surface area contributed by atoms with Gasteiger partial charge in [0.15, 0.2) is 0 Å². The van der Waals surface area contributed by atoms with Gasteiger partial charge in [-0.15, -0.1) is 11.3 Å². The summed E-state index contributed by atoms with van der Waals surface area (Å²) >= 11 is 1.56. The first-order valence-electron chi connectivity index (χ1n) is 6.92. The van der Waals surface area contributed by atoms with Crippen molar-refractivity contribution < 1.29 is 13.5 Å². The first-order chi connectivity index (χ1) is 10.4. The third-order valence-corrected chi connectivity index (χ3v) is 5.77. The lowest BCUT2D eigenvalue weighted by atomic mass is 10.2. The predicted octanol–water partition coefficient (Wildman–Crippen LogP) is 2.84. The molecule has 1 N–H and O–H groups in total. The fraction of sp³-hybridized carbons (Fsp3) is 0.500. The Morgan fingerprint density at radius 3 is 2.73 bits per heavy atom. The van der Waals surface area contributed by atoms with Crippen LogP contribution < -0.4 is 5.32 Å². The van der Waals surface area contributed by atoms with Crippen LogP contribution in [0.5, 0.6) is 0 Å². The van der Waals surface area contributed by atoms with Gasteiger partial charge in [0.05, 0.1) is 22.1 Å². The maximum absolute atomic E-state index is 12.3. The number of nitrogens with one attached hydrogen (secondary N) is 1. The lowest BCUT2D eigenvalue weighted by Crippen LogP contribution is -2.29. The summed E-state index contributed by atoms with van der Waals surface area (Å²) in [6.45, 7) is 7.52. The van der Waals surface area contributed by atoms with Crippen molar-refractivity contribution in [2.24, 2.45) is 0 Å². The molecule has 0 saturated heterocycles. The molecule has 0 saturated carbocycles. The number of nitrogens with zero attached hydrogens (tertiary/aromatic N) is 2. The van der Waals surface area contributed by atoms with Gasteiger partial charge in [0, 0.05) is 28.2 Å². The van der Waals surface area contributed by atoms with Crippen molar-refractivity contribution in [1.82, 2.24) is 10.1 Å². The van der Waals surface area contributed by atoms with Gasteiger partial charge in [-0.25, -0.2) is 4.98 Å². The molecule has 22 heavy (non-hydrogen) atoms. The minimum atomic E-state index is -1.34. The van der Waals surface area contributed by atoms with Crippen LogP contribution in [0.15, 0.2) is 16.0 Å². The standard InChI is InChI=1S/C14H19N3O3S2/c1-8(2)14-15-11(6-21-14)7-22(19)10(4)13(18)16-12-5-9(3)17-20-12/h5-6,8,10H,7H2,1-4H3,(H,16,18). The number of amides is 1. The Morgan fingerprint density at radius 1 is 1.45 bits per heavy atom. The fourth-order valence-electron chi connectivity index (χ4n) is 1.69. The molecule has 8 heteroatoms. The summed E-state index contributed by atoms with van der Waals surface area (Å²) in [7, 11) is -1.34. The molecule has 2 unspecified atom stereocenters. The van der Waals surface area contributed by atoms with E-state index in [-0.39, 0.29) is 17.5 Å². The van der Waals surface area contributed by atoms with Crippen molar-refractivity contribution in [3.05, 3.63) is 27.8 Å². The fourth-order valence-corrected chi connectivity index (χ4v) is 3.62. The van der Waals surface area contributed by atoms with Gasteiger partial charge in [0.25, 0.3) is 0 Å². The van der Waals surface area contributed by atoms with E-state index in [1.807, 2.05) is 5.38 Å². The molecule has 0 fully saturated rings. The van der Waals surface area contributed by atoms with Crippen molar-refractivity contribution in [3.8, 4) is 0 Å². The molecule has 2 rings (SSSR count). The summed E-state index contributed by atoms with van der Waals surface area (Å²) in [6, 6.07) is 1.61. The van der Waals surface area contributed by atoms with E-state index < -0.39 is 16.0 Å². The van der Waals surface area contributed by atoms with Gasteiger partial charge in [0.1, 0.15) is 5.25 Å². The van der Waals surface area contributed by atoms with Crippen LogP contribution in [0.25, 0.3) is 0 Å². The third-order valence-electron chi connectivity index (χ3n) is 2.99. The zero-order valence-corrected chi connectivity index (χ0v) is 14.6. The van der Waals surface area contributed by atoms with E-state index in [0.717, 1.165) is 10.7 Å². The second-order valence-corrected chi connectivity index (χ2v) is 7.97. The Kier molecular flexibility index (Phi) is 5.47. The molecule has 0 aliphatic carbocycles. The highest BCUT2D eigenvalue weighted by atomic mass is 32.2. The van der Waals surface area contributed by atoms with E-state index in [0.29, 0.717) is 11.6 Å². The van der Waals surface area contributed by atoms with Gasteiger partial charge in [-0.2, -0.15) is 0 Å². The molecular formula is C14H19N3O3S2. The molecular weight excluding hydrogens is 322 g/mol. The number of carbonyl (C=O) groups excluding carboxylic acids is 1.